The van der Waals surface area contributed by atoms with E-state index in [1.54, 1.807) is 5.01 Å². The van der Waals surface area contributed by atoms with Crippen LogP contribution in [0, 0.1) is 11.8 Å². The summed E-state index contributed by atoms with van der Waals surface area (Å²) in [6, 6.07) is 0.591. The summed E-state index contributed by atoms with van der Waals surface area (Å²) in [5, 5.41) is 3.76. The van der Waals surface area contributed by atoms with Crippen LogP contribution in [0.4, 0.5) is 4.79 Å². The van der Waals surface area contributed by atoms with Crippen LogP contribution in [-0.4, -0.2) is 47.2 Å². The van der Waals surface area contributed by atoms with Gasteiger partial charge in [0, 0.05) is 18.3 Å². The van der Waals surface area contributed by atoms with E-state index in [1.165, 1.54) is 0 Å². The molecule has 5 nitrogen and oxygen atoms in total. The van der Waals surface area contributed by atoms with Gasteiger partial charge in [0.25, 0.3) is 0 Å². The Hall–Kier alpha value is -1.10. The first-order valence-electron chi connectivity index (χ1n) is 8.55. The minimum atomic E-state index is -0.272. The number of carbonyl (C=O) groups excluding carboxylic acids is 1. The first-order valence-corrected chi connectivity index (χ1v) is 8.55. The molecule has 1 amide bonds. The quantitative estimate of drug-likeness (QED) is 0.504. The molecule has 0 bridgehead atoms. The summed E-state index contributed by atoms with van der Waals surface area (Å²) < 4.78 is 5.14. The summed E-state index contributed by atoms with van der Waals surface area (Å²) in [4.78, 5) is 16.7. The molecule has 1 saturated heterocycles. The van der Waals surface area contributed by atoms with Gasteiger partial charge in [0.15, 0.2) is 6.17 Å². The molecular weight excluding hydrogens is 278 g/mol. The average Bonchev–Trinajstić information content (AvgIpc) is 3.09. The number of rotatable bonds is 8. The second kappa shape index (κ2) is 8.51. The van der Waals surface area contributed by atoms with E-state index in [0.717, 1.165) is 12.8 Å². The molecule has 0 aromatic heterocycles. The van der Waals surface area contributed by atoms with Gasteiger partial charge in [0.2, 0.25) is 0 Å². The maximum absolute atomic E-state index is 12.0. The minimum Gasteiger partial charge on any atom is -0.449 e. The zero-order valence-electron chi connectivity index (χ0n) is 15.2. The molecule has 0 spiro atoms. The van der Waals surface area contributed by atoms with Crippen molar-refractivity contribution >= 4 is 12.3 Å². The molecule has 0 aromatic carbocycles. The second-order valence-corrected chi connectivity index (χ2v) is 7.09. The highest BCUT2D eigenvalue weighted by molar-refractivity contribution is 5.79. The van der Waals surface area contributed by atoms with E-state index in [2.05, 4.69) is 51.5 Å². The van der Waals surface area contributed by atoms with Crippen molar-refractivity contribution in [2.24, 2.45) is 16.8 Å². The molecule has 0 radical (unpaired) electrons. The van der Waals surface area contributed by atoms with Gasteiger partial charge in [-0.3, -0.25) is 4.99 Å². The summed E-state index contributed by atoms with van der Waals surface area (Å²) in [6.07, 6.45) is 3.68. The molecule has 1 heterocycles. The summed E-state index contributed by atoms with van der Waals surface area (Å²) in [5.41, 5.74) is 0. The number of hydrazine groups is 1. The third kappa shape index (κ3) is 5.59. The number of hydrogen-bond acceptors (Lipinski definition) is 4. The number of nitrogens with zero attached hydrogens (tertiary/aromatic N) is 3. The Bertz CT molecular complexity index is 382. The first-order chi connectivity index (χ1) is 10.3. The van der Waals surface area contributed by atoms with Crippen LogP contribution < -0.4 is 0 Å². The molecule has 5 heteroatoms. The molecule has 4 unspecified atom stereocenters. The molecule has 4 atom stereocenters. The lowest BCUT2D eigenvalue weighted by Crippen LogP contribution is -2.25. The topological polar surface area (TPSA) is 44.7 Å². The monoisotopic (exact) mass is 311 g/mol. The average molecular weight is 311 g/mol. The van der Waals surface area contributed by atoms with Crippen LogP contribution in [0.25, 0.3) is 0 Å². The zero-order valence-corrected chi connectivity index (χ0v) is 15.2. The number of hydrogen-bond donors (Lipinski definition) is 0. The van der Waals surface area contributed by atoms with Gasteiger partial charge in [-0.25, -0.2) is 9.80 Å². The maximum atomic E-state index is 12.0. The molecule has 0 saturated carbocycles. The molecule has 1 aliphatic heterocycles. The lowest BCUT2D eigenvalue weighted by Gasteiger charge is -2.15. The number of aliphatic imine (C=N–C) groups is 1. The van der Waals surface area contributed by atoms with E-state index in [4.69, 9.17) is 4.74 Å². The second-order valence-electron chi connectivity index (χ2n) is 7.09. The van der Waals surface area contributed by atoms with E-state index in [9.17, 15) is 4.79 Å². The number of amides is 1. The predicted octanol–water partition coefficient (Wildman–Crippen LogP) is 3.94. The van der Waals surface area contributed by atoms with Crippen molar-refractivity contribution in [2.45, 2.75) is 79.6 Å². The summed E-state index contributed by atoms with van der Waals surface area (Å²) >= 11 is 0. The lowest BCUT2D eigenvalue weighted by atomic mass is 10.1. The van der Waals surface area contributed by atoms with Crippen molar-refractivity contribution in [1.82, 2.24) is 10.0 Å². The van der Waals surface area contributed by atoms with E-state index >= 15 is 0 Å². The molecule has 1 aliphatic rings. The fourth-order valence-corrected chi connectivity index (χ4v) is 2.95. The Balaban J connectivity index is 2.68. The molecule has 0 N–H and O–H groups in total. The number of carbonyl (C=O) groups is 1. The molecule has 1 rings (SSSR count). The van der Waals surface area contributed by atoms with Crippen molar-refractivity contribution in [1.29, 1.82) is 0 Å². The van der Waals surface area contributed by atoms with Gasteiger partial charge in [0.1, 0.15) is 0 Å². The highest BCUT2D eigenvalue weighted by Crippen LogP contribution is 2.31. The van der Waals surface area contributed by atoms with Gasteiger partial charge >= 0.3 is 6.09 Å². The smallest absolute Gasteiger partial charge is 0.426 e. The molecular formula is C17H33N3O2. The van der Waals surface area contributed by atoms with E-state index in [1.807, 2.05) is 13.1 Å². The van der Waals surface area contributed by atoms with Crippen LogP contribution >= 0.6 is 0 Å². The fraction of sp³-hybridized carbons (Fsp3) is 0.882. The molecule has 0 aromatic rings. The SMILES string of the molecule is CCOC(=O)N1C(C=NC(C)CC(C)C)N1C(C)CC(C)C. The Morgan fingerprint density at radius 1 is 1.14 bits per heavy atom. The van der Waals surface area contributed by atoms with Gasteiger partial charge in [-0.15, -0.1) is 0 Å². The minimum absolute atomic E-state index is 0.0533. The van der Waals surface area contributed by atoms with Crippen LogP contribution in [0.5, 0.6) is 0 Å². The van der Waals surface area contributed by atoms with Crippen molar-refractivity contribution < 1.29 is 9.53 Å². The summed E-state index contributed by atoms with van der Waals surface area (Å²) in [7, 11) is 0. The first kappa shape index (κ1) is 18.9. The van der Waals surface area contributed by atoms with Gasteiger partial charge in [-0.05, 0) is 45.4 Å². The van der Waals surface area contributed by atoms with E-state index in [0.29, 0.717) is 24.5 Å². The molecule has 0 aliphatic carbocycles. The highest BCUT2D eigenvalue weighted by atomic mass is 16.6. The number of ether oxygens (including phenoxy) is 1. The third-order valence-electron chi connectivity index (χ3n) is 3.72. The highest BCUT2D eigenvalue weighted by Gasteiger charge is 2.51. The Kier molecular flexibility index (Phi) is 7.33. The van der Waals surface area contributed by atoms with E-state index in [-0.39, 0.29) is 18.3 Å². The summed E-state index contributed by atoms with van der Waals surface area (Å²) in [5.74, 6) is 1.22. The van der Waals surface area contributed by atoms with Crippen molar-refractivity contribution in [3.8, 4) is 0 Å². The Morgan fingerprint density at radius 3 is 2.23 bits per heavy atom. The fourth-order valence-electron chi connectivity index (χ4n) is 2.95. The van der Waals surface area contributed by atoms with Crippen LogP contribution in [0.3, 0.4) is 0 Å². The van der Waals surface area contributed by atoms with Crippen LogP contribution in [0.1, 0.15) is 61.3 Å². The Morgan fingerprint density at radius 2 is 1.73 bits per heavy atom. The standard InChI is InChI=1S/C17H33N3O2/c1-8-22-17(21)20-16(11-18-14(6)9-12(2)3)19(20)15(7)10-13(4)5/h11-16H,8-10H2,1-7H3. The van der Waals surface area contributed by atoms with Crippen LogP contribution in [-0.2, 0) is 4.74 Å². The summed E-state index contributed by atoms with van der Waals surface area (Å²) in [6.45, 7) is 15.3. The zero-order chi connectivity index (χ0) is 16.9. The van der Waals surface area contributed by atoms with Gasteiger partial charge < -0.3 is 4.74 Å². The van der Waals surface area contributed by atoms with Gasteiger partial charge in [-0.1, -0.05) is 27.7 Å². The van der Waals surface area contributed by atoms with E-state index < -0.39 is 0 Å². The van der Waals surface area contributed by atoms with Crippen molar-refractivity contribution in [2.75, 3.05) is 6.61 Å². The van der Waals surface area contributed by atoms with Crippen molar-refractivity contribution in [3.63, 3.8) is 0 Å². The molecule has 128 valence electrons. The maximum Gasteiger partial charge on any atom is 0.426 e. The molecule has 1 fully saturated rings. The third-order valence-corrected chi connectivity index (χ3v) is 3.72. The molecule has 22 heavy (non-hydrogen) atoms. The lowest BCUT2D eigenvalue weighted by molar-refractivity contribution is 0.110. The van der Waals surface area contributed by atoms with Crippen LogP contribution in [0.2, 0.25) is 0 Å². The van der Waals surface area contributed by atoms with Gasteiger partial charge in [0.05, 0.1) is 6.61 Å². The normalized spacial score (nSPS) is 24.1. The van der Waals surface area contributed by atoms with Crippen LogP contribution in [0.15, 0.2) is 4.99 Å². The predicted molar refractivity (Wildman–Crippen MR) is 90.8 cm³/mol. The van der Waals surface area contributed by atoms with Crippen molar-refractivity contribution in [3.05, 3.63) is 0 Å². The van der Waals surface area contributed by atoms with Gasteiger partial charge in [-0.2, -0.15) is 5.01 Å². The largest absolute Gasteiger partial charge is 0.449 e. The Labute approximate surface area is 135 Å².